The molecule has 0 aromatic heterocycles. The highest BCUT2D eigenvalue weighted by Gasteiger charge is 2.55. The molecule has 0 spiro atoms. The van der Waals surface area contributed by atoms with Crippen LogP contribution in [0.2, 0.25) is 0 Å². The van der Waals surface area contributed by atoms with Crippen molar-refractivity contribution in [2.24, 2.45) is 0 Å². The van der Waals surface area contributed by atoms with Crippen LogP contribution in [0, 0.1) is 0 Å². The Morgan fingerprint density at radius 2 is 0.722 bits per heavy atom. The largest absolute Gasteiger partial charge is 0.374 e. The topological polar surface area (TPSA) is 113 Å². The molecule has 1 N–H and O–H groups in total. The molecule has 0 amide bonds. The SMILES string of the molecule is O[C@H]1O[C@H](COCc2ccccc2)[C@@H](OC2O[C@H]([C@@H](COCc3ccccc3)OCc3ccccc3)[C@H](OCc3ccccc3)[C@H]2OCc2ccccc2)[C@H](OCc2ccccc2)[C@H]1OCc1ccccc1. The lowest BCUT2D eigenvalue weighted by molar-refractivity contribution is -0.339. The van der Waals surface area contributed by atoms with E-state index in [1.807, 2.05) is 212 Å². The zero-order chi connectivity index (χ0) is 49.0. The fourth-order valence-electron chi connectivity index (χ4n) is 8.96. The third kappa shape index (κ3) is 14.8. The summed E-state index contributed by atoms with van der Waals surface area (Å²) in [4.78, 5) is 0. The summed E-state index contributed by atoms with van der Waals surface area (Å²) in [5.41, 5.74) is 6.79. The smallest absolute Gasteiger partial charge is 0.187 e. The van der Waals surface area contributed by atoms with E-state index in [0.29, 0.717) is 13.2 Å². The highest BCUT2D eigenvalue weighted by atomic mass is 16.8. The number of benzene rings is 7. The predicted octanol–water partition coefficient (Wildman–Crippen LogP) is 10.2. The van der Waals surface area contributed by atoms with E-state index in [1.165, 1.54) is 0 Å². The van der Waals surface area contributed by atoms with Gasteiger partial charge in [0.15, 0.2) is 12.6 Å². The van der Waals surface area contributed by atoms with Gasteiger partial charge in [-0.25, -0.2) is 0 Å². The first-order chi connectivity index (χ1) is 35.6. The van der Waals surface area contributed by atoms with Crippen LogP contribution in [-0.4, -0.2) is 79.7 Å². The van der Waals surface area contributed by atoms with E-state index in [2.05, 4.69) is 0 Å². The summed E-state index contributed by atoms with van der Waals surface area (Å²) in [6, 6.07) is 69.6. The Bertz CT molecular complexity index is 2550. The summed E-state index contributed by atoms with van der Waals surface area (Å²) >= 11 is 0. The van der Waals surface area contributed by atoms with Crippen LogP contribution in [0.3, 0.4) is 0 Å². The van der Waals surface area contributed by atoms with Gasteiger partial charge >= 0.3 is 0 Å². The van der Waals surface area contributed by atoms with Gasteiger partial charge in [-0.3, -0.25) is 0 Å². The second-order valence-corrected chi connectivity index (χ2v) is 18.0. The minimum absolute atomic E-state index is 0.0446. The fourth-order valence-corrected chi connectivity index (χ4v) is 8.96. The van der Waals surface area contributed by atoms with Gasteiger partial charge in [0.2, 0.25) is 0 Å². The first kappa shape index (κ1) is 51.0. The molecule has 72 heavy (non-hydrogen) atoms. The summed E-state index contributed by atoms with van der Waals surface area (Å²) < 4.78 is 68.3. The Balaban J connectivity index is 1.08. The van der Waals surface area contributed by atoms with E-state index in [9.17, 15) is 5.11 Å². The van der Waals surface area contributed by atoms with Crippen LogP contribution in [-0.2, 0) is 93.6 Å². The fraction of sp³-hybridized carbons (Fsp3) is 0.311. The van der Waals surface area contributed by atoms with Gasteiger partial charge in [0.1, 0.15) is 48.8 Å². The Hall–Kier alpha value is -5.90. The lowest BCUT2D eigenvalue weighted by Gasteiger charge is -2.45. The molecule has 11 nitrogen and oxygen atoms in total. The maximum atomic E-state index is 12.0. The minimum Gasteiger partial charge on any atom is -0.374 e. The molecule has 2 fully saturated rings. The zero-order valence-electron chi connectivity index (χ0n) is 40.4. The second kappa shape index (κ2) is 27.2. The third-order valence-corrected chi connectivity index (χ3v) is 12.7. The maximum absolute atomic E-state index is 12.0. The van der Waals surface area contributed by atoms with Gasteiger partial charge in [-0.15, -0.1) is 0 Å². The molecule has 7 aromatic carbocycles. The molecule has 2 aliphatic rings. The van der Waals surface area contributed by atoms with Crippen molar-refractivity contribution in [3.63, 3.8) is 0 Å². The molecule has 2 saturated heterocycles. The summed E-state index contributed by atoms with van der Waals surface area (Å²) in [6.45, 7) is 2.03. The van der Waals surface area contributed by atoms with Gasteiger partial charge in [0, 0.05) is 0 Å². The average molecular weight is 973 g/mol. The van der Waals surface area contributed by atoms with E-state index in [4.69, 9.17) is 47.4 Å². The molecular formula is C61H64O11. The molecule has 11 heteroatoms. The van der Waals surface area contributed by atoms with Crippen LogP contribution in [0.1, 0.15) is 38.9 Å². The lowest BCUT2D eigenvalue weighted by Crippen LogP contribution is -2.62. The zero-order valence-corrected chi connectivity index (χ0v) is 40.4. The van der Waals surface area contributed by atoms with E-state index in [1.54, 1.807) is 0 Å². The Labute approximate surface area is 423 Å². The summed E-state index contributed by atoms with van der Waals surface area (Å²) in [5.74, 6) is 0. The van der Waals surface area contributed by atoms with Crippen LogP contribution in [0.15, 0.2) is 212 Å². The summed E-state index contributed by atoms with van der Waals surface area (Å²) in [7, 11) is 0. The monoisotopic (exact) mass is 972 g/mol. The molecule has 0 aliphatic carbocycles. The van der Waals surface area contributed by atoms with Gasteiger partial charge in [0.05, 0.1) is 59.5 Å². The predicted molar refractivity (Wildman–Crippen MR) is 272 cm³/mol. The van der Waals surface area contributed by atoms with Crippen LogP contribution in [0.4, 0.5) is 0 Å². The van der Waals surface area contributed by atoms with Crippen molar-refractivity contribution in [2.45, 2.75) is 108 Å². The van der Waals surface area contributed by atoms with Crippen molar-refractivity contribution in [2.75, 3.05) is 13.2 Å². The summed E-state index contributed by atoms with van der Waals surface area (Å²) in [5, 5.41) is 12.0. The molecular weight excluding hydrogens is 909 g/mol. The standard InChI is InChI=1S/C61H64O11/c62-60-58(68-41-50-32-18-6-19-33-50)56(66-39-48-28-14-4-15-29-48)55(53(70-60)44-64-37-46-24-10-2-11-25-46)72-61-59(69-42-51-34-20-7-21-35-51)57(67-40-49-30-16-5-17-31-49)54(71-61)52(65-38-47-26-12-3-13-27-47)43-63-36-45-22-8-1-9-23-45/h1-35,52-62H,36-44H2/t52-,53-,54-,55-,56+,57+,58-,59-,60+,61?/m1/s1. The molecule has 0 bridgehead atoms. The van der Waals surface area contributed by atoms with Crippen LogP contribution < -0.4 is 0 Å². The van der Waals surface area contributed by atoms with Crippen molar-refractivity contribution in [3.05, 3.63) is 251 Å². The average Bonchev–Trinajstić information content (AvgIpc) is 3.78. The second-order valence-electron chi connectivity index (χ2n) is 18.0. The molecule has 0 radical (unpaired) electrons. The van der Waals surface area contributed by atoms with Crippen molar-refractivity contribution in [3.8, 4) is 0 Å². The van der Waals surface area contributed by atoms with Gasteiger partial charge in [-0.1, -0.05) is 212 Å². The Kier molecular flexibility index (Phi) is 19.3. The van der Waals surface area contributed by atoms with Crippen molar-refractivity contribution < 1.29 is 52.5 Å². The van der Waals surface area contributed by atoms with Gasteiger partial charge in [0.25, 0.3) is 0 Å². The molecule has 2 heterocycles. The molecule has 0 saturated carbocycles. The Morgan fingerprint density at radius 3 is 1.17 bits per heavy atom. The Morgan fingerprint density at radius 1 is 0.361 bits per heavy atom. The number of ether oxygens (including phenoxy) is 10. The van der Waals surface area contributed by atoms with Gasteiger partial charge < -0.3 is 52.5 Å². The number of rotatable bonds is 26. The minimum atomic E-state index is -1.40. The quantitative estimate of drug-likeness (QED) is 0.0560. The first-order valence-corrected chi connectivity index (χ1v) is 24.8. The number of aliphatic hydroxyl groups is 1. The summed E-state index contributed by atoms with van der Waals surface area (Å²) in [6.07, 6.45) is -9.18. The normalized spacial score (nSPS) is 23.4. The van der Waals surface area contributed by atoms with E-state index >= 15 is 0 Å². The highest BCUT2D eigenvalue weighted by Crippen LogP contribution is 2.37. The lowest BCUT2D eigenvalue weighted by atomic mass is 9.97. The maximum Gasteiger partial charge on any atom is 0.187 e. The van der Waals surface area contributed by atoms with Crippen molar-refractivity contribution >= 4 is 0 Å². The molecule has 9 rings (SSSR count). The molecule has 374 valence electrons. The van der Waals surface area contributed by atoms with Crippen molar-refractivity contribution in [1.82, 2.24) is 0 Å². The number of hydrogen-bond acceptors (Lipinski definition) is 11. The third-order valence-electron chi connectivity index (χ3n) is 12.7. The van der Waals surface area contributed by atoms with Crippen LogP contribution in [0.25, 0.3) is 0 Å². The molecule has 1 unspecified atom stereocenters. The van der Waals surface area contributed by atoms with E-state index in [-0.39, 0.29) is 46.2 Å². The molecule has 2 aliphatic heterocycles. The van der Waals surface area contributed by atoms with E-state index < -0.39 is 61.4 Å². The van der Waals surface area contributed by atoms with Gasteiger partial charge in [-0.2, -0.15) is 0 Å². The highest BCUT2D eigenvalue weighted by molar-refractivity contribution is 5.19. The molecule has 7 aromatic rings. The van der Waals surface area contributed by atoms with Gasteiger partial charge in [-0.05, 0) is 38.9 Å². The molecule has 10 atom stereocenters. The first-order valence-electron chi connectivity index (χ1n) is 24.8. The van der Waals surface area contributed by atoms with E-state index in [0.717, 1.165) is 38.9 Å². The van der Waals surface area contributed by atoms with Crippen molar-refractivity contribution in [1.29, 1.82) is 0 Å². The van der Waals surface area contributed by atoms with Crippen LogP contribution in [0.5, 0.6) is 0 Å². The number of hydrogen-bond donors (Lipinski definition) is 1. The number of aliphatic hydroxyl groups excluding tert-OH is 1. The van der Waals surface area contributed by atoms with Crippen LogP contribution >= 0.6 is 0 Å².